The molecule has 0 aromatic heterocycles. The van der Waals surface area contributed by atoms with Crippen LogP contribution >= 0.6 is 18.8 Å². The number of nitrogens with one attached hydrogen (secondary N) is 2. The van der Waals surface area contributed by atoms with E-state index in [0.29, 0.717) is 0 Å². The molecule has 86 valence electrons. The summed E-state index contributed by atoms with van der Waals surface area (Å²) in [7, 11) is 12.8. The van der Waals surface area contributed by atoms with Gasteiger partial charge in [-0.2, -0.15) is 0 Å². The predicted molar refractivity (Wildman–Crippen MR) is 53.3 cm³/mol. The molecule has 0 spiro atoms. The summed E-state index contributed by atoms with van der Waals surface area (Å²) < 4.78 is 8.83. The van der Waals surface area contributed by atoms with E-state index in [-0.39, 0.29) is 12.5 Å². The fourth-order valence-corrected chi connectivity index (χ4v) is 0. The summed E-state index contributed by atoms with van der Waals surface area (Å²) in [6, 6.07) is 0. The minimum atomic E-state index is -0.472. The maximum atomic E-state index is 6.60. The van der Waals surface area contributed by atoms with Gasteiger partial charge in [0.05, 0.1) is 0 Å². The average Bonchev–Trinajstić information content (AvgIpc) is 2.07. The molecular weight excluding hydrogens is 398 g/mol. The van der Waals surface area contributed by atoms with Gasteiger partial charge in [0.25, 0.3) is 0 Å². The molecule has 4 nitrogen and oxygen atoms in total. The first kappa shape index (κ1) is 19.6. The molecule has 0 saturated heterocycles. The van der Waals surface area contributed by atoms with E-state index in [1.165, 1.54) is 14.2 Å². The van der Waals surface area contributed by atoms with Crippen LogP contribution in [0.4, 0.5) is 0 Å². The number of halogens is 2. The van der Waals surface area contributed by atoms with Gasteiger partial charge in [0.1, 0.15) is 0 Å². The summed E-state index contributed by atoms with van der Waals surface area (Å²) in [4.78, 5) is 0. The van der Waals surface area contributed by atoms with Crippen LogP contribution < -0.4 is 0 Å². The molecule has 13 heavy (non-hydrogen) atoms. The average molecular weight is 414 g/mol. The van der Waals surface area contributed by atoms with Gasteiger partial charge in [0.15, 0.2) is 0 Å². The first-order valence-corrected chi connectivity index (χ1v) is 8.89. The minimum absolute atomic E-state index is 0.366. The van der Waals surface area contributed by atoms with Crippen LogP contribution in [-0.4, -0.2) is 26.7 Å². The summed E-state index contributed by atoms with van der Waals surface area (Å²) >= 11 is -0.472. The van der Waals surface area contributed by atoms with Crippen molar-refractivity contribution >= 4 is 18.8 Å². The molecule has 0 aliphatic heterocycles. The third-order valence-electron chi connectivity index (χ3n) is 0.707. The summed E-state index contributed by atoms with van der Waals surface area (Å²) in [5.74, 6) is 0. The van der Waals surface area contributed by atoms with E-state index in [0.717, 1.165) is 0 Å². The second-order valence-electron chi connectivity index (χ2n) is 1.80. The Bertz CT molecular complexity index is 71.7. The van der Waals surface area contributed by atoms with Crippen LogP contribution in [-0.2, 0) is 26.0 Å². The first-order valence-electron chi connectivity index (χ1n) is 3.26. The second kappa shape index (κ2) is 18.8. The van der Waals surface area contributed by atoms with Gasteiger partial charge in [-0.25, -0.2) is 0 Å². The molecule has 7 heteroatoms. The standard InChI is InChI=1S/2C3H8NO.2ClH.Pt/c2*1-3(4)5-2;;;/h2*3-4H,1-2H3;2*1H;/q2*-1;;;+4/p-2. The Morgan fingerprint density at radius 3 is 1.08 bits per heavy atom. The van der Waals surface area contributed by atoms with Crippen molar-refractivity contribution in [3.63, 3.8) is 0 Å². The molecule has 0 radical (unpaired) electrons. The Hall–Kier alpha value is 1.11. The molecule has 2 unspecified atom stereocenters. The normalized spacial score (nSPS) is 13.2. The zero-order chi connectivity index (χ0) is 11.3. The summed E-state index contributed by atoms with van der Waals surface area (Å²) in [6.45, 7) is 3.33. The monoisotopic (exact) mass is 413 g/mol. The van der Waals surface area contributed by atoms with Crippen LogP contribution in [0.1, 0.15) is 13.8 Å². The molecule has 0 saturated carbocycles. The van der Waals surface area contributed by atoms with Gasteiger partial charge in [-0.05, 0) is 12.5 Å². The van der Waals surface area contributed by atoms with E-state index in [4.69, 9.17) is 30.3 Å². The van der Waals surface area contributed by atoms with Gasteiger partial charge in [0, 0.05) is 14.2 Å². The van der Waals surface area contributed by atoms with Crippen molar-refractivity contribution in [3.05, 3.63) is 11.5 Å². The molecule has 2 N–H and O–H groups in total. The molecule has 0 aliphatic carbocycles. The third kappa shape index (κ3) is 62.0. The Balaban J connectivity index is -0.000000120. The number of ether oxygens (including phenoxy) is 2. The van der Waals surface area contributed by atoms with Crippen LogP contribution in [0.15, 0.2) is 0 Å². The Morgan fingerprint density at radius 1 is 1.00 bits per heavy atom. The maximum absolute atomic E-state index is 6.60. The van der Waals surface area contributed by atoms with Crippen LogP contribution in [0, 0.1) is 0 Å². The van der Waals surface area contributed by atoms with E-state index in [2.05, 4.69) is 9.47 Å². The fraction of sp³-hybridized carbons (Fsp3) is 1.00. The van der Waals surface area contributed by atoms with Gasteiger partial charge in [-0.1, -0.05) is 13.8 Å². The van der Waals surface area contributed by atoms with Gasteiger partial charge >= 0.3 is 35.3 Å². The van der Waals surface area contributed by atoms with E-state index < -0.39 is 16.5 Å². The molecule has 0 aromatic carbocycles. The molecule has 0 heterocycles. The van der Waals surface area contributed by atoms with Crippen molar-refractivity contribution in [1.82, 2.24) is 0 Å². The Labute approximate surface area is 96.6 Å². The Morgan fingerprint density at radius 2 is 1.08 bits per heavy atom. The summed E-state index contributed by atoms with van der Waals surface area (Å²) in [5.41, 5.74) is 13.2. The Kier molecular flexibility index (Phi) is 28.4. The topological polar surface area (TPSA) is 66.1 Å². The van der Waals surface area contributed by atoms with Crippen molar-refractivity contribution < 1.29 is 26.0 Å². The predicted octanol–water partition coefficient (Wildman–Crippen LogP) is 3.44. The number of methoxy groups -OCH3 is 2. The van der Waals surface area contributed by atoms with E-state index in [1.807, 2.05) is 0 Å². The van der Waals surface area contributed by atoms with Gasteiger partial charge in [-0.3, -0.25) is 0 Å². The SMILES string of the molecule is COC(C)[NH-].COC(C)[NH-].[Cl][Pt+2][Cl]. The molecule has 0 aliphatic rings. The summed E-state index contributed by atoms with van der Waals surface area (Å²) in [6.07, 6.45) is -0.731. The number of hydrogen-bond donors (Lipinski definition) is 0. The van der Waals surface area contributed by atoms with E-state index >= 15 is 0 Å². The zero-order valence-electron chi connectivity index (χ0n) is 8.04. The van der Waals surface area contributed by atoms with Gasteiger partial charge in [-0.15, -0.1) is 0 Å². The van der Waals surface area contributed by atoms with Crippen molar-refractivity contribution in [2.45, 2.75) is 26.3 Å². The molecule has 2 atom stereocenters. The van der Waals surface area contributed by atoms with Crippen LogP contribution in [0.2, 0.25) is 0 Å². The van der Waals surface area contributed by atoms with E-state index in [1.54, 1.807) is 13.8 Å². The number of hydrogen-bond acceptors (Lipinski definition) is 2. The van der Waals surface area contributed by atoms with Crippen LogP contribution in [0.25, 0.3) is 11.5 Å². The van der Waals surface area contributed by atoms with E-state index in [9.17, 15) is 0 Å². The van der Waals surface area contributed by atoms with Crippen LogP contribution in [0.5, 0.6) is 0 Å². The molecule has 0 aromatic rings. The molecule has 0 bridgehead atoms. The van der Waals surface area contributed by atoms with Crippen molar-refractivity contribution in [3.8, 4) is 0 Å². The fourth-order valence-electron chi connectivity index (χ4n) is 0. The van der Waals surface area contributed by atoms with Crippen LogP contribution in [0.3, 0.4) is 0 Å². The van der Waals surface area contributed by atoms with Crippen molar-refractivity contribution in [1.29, 1.82) is 0 Å². The number of rotatable bonds is 2. The van der Waals surface area contributed by atoms with Crippen molar-refractivity contribution in [2.75, 3.05) is 14.2 Å². The van der Waals surface area contributed by atoms with Crippen molar-refractivity contribution in [2.24, 2.45) is 0 Å². The quantitative estimate of drug-likeness (QED) is 0.695. The zero-order valence-corrected chi connectivity index (χ0v) is 11.8. The first-order chi connectivity index (χ1) is 5.95. The molecule has 0 fully saturated rings. The molecule has 0 amide bonds. The second-order valence-corrected chi connectivity index (χ2v) is 5.08. The molecular formula is C6H16Cl2N2O2Pt. The van der Waals surface area contributed by atoms with Gasteiger partial charge < -0.3 is 20.9 Å². The van der Waals surface area contributed by atoms with Gasteiger partial charge in [0.2, 0.25) is 0 Å². The molecule has 0 rings (SSSR count). The summed E-state index contributed by atoms with van der Waals surface area (Å²) in [5, 5.41) is 0. The third-order valence-corrected chi connectivity index (χ3v) is 0.707.